The van der Waals surface area contributed by atoms with E-state index in [1.807, 2.05) is 36.4 Å². The molecule has 0 radical (unpaired) electrons. The molecule has 3 aromatic carbocycles. The molecule has 42 heavy (non-hydrogen) atoms. The zero-order valence-electron chi connectivity index (χ0n) is 24.3. The third-order valence-electron chi connectivity index (χ3n) is 8.43. The van der Waals surface area contributed by atoms with Crippen molar-refractivity contribution in [3.05, 3.63) is 89.2 Å². The highest BCUT2D eigenvalue weighted by molar-refractivity contribution is 6.00. The summed E-state index contributed by atoms with van der Waals surface area (Å²) in [6.07, 6.45) is 4.17. The molecule has 1 saturated carbocycles. The van der Waals surface area contributed by atoms with Gasteiger partial charge in [-0.1, -0.05) is 24.3 Å². The lowest BCUT2D eigenvalue weighted by Crippen LogP contribution is -2.37. The van der Waals surface area contributed by atoms with E-state index >= 15 is 0 Å². The van der Waals surface area contributed by atoms with Gasteiger partial charge in [0.05, 0.1) is 31.4 Å². The highest BCUT2D eigenvalue weighted by Crippen LogP contribution is 2.45. The summed E-state index contributed by atoms with van der Waals surface area (Å²) in [7, 11) is 3.38. The molecule has 1 aliphatic heterocycles. The summed E-state index contributed by atoms with van der Waals surface area (Å²) < 4.78 is 25.0. The van der Waals surface area contributed by atoms with Gasteiger partial charge in [-0.2, -0.15) is 0 Å². The van der Waals surface area contributed by atoms with Gasteiger partial charge in [0, 0.05) is 32.7 Å². The van der Waals surface area contributed by atoms with E-state index in [0.717, 1.165) is 61.3 Å². The summed E-state index contributed by atoms with van der Waals surface area (Å²) in [5.41, 5.74) is 3.37. The number of carboxylic acids is 1. The molecule has 8 heteroatoms. The van der Waals surface area contributed by atoms with Crippen LogP contribution < -0.4 is 14.4 Å². The van der Waals surface area contributed by atoms with Crippen LogP contribution >= 0.6 is 0 Å². The van der Waals surface area contributed by atoms with Crippen LogP contribution in [0, 0.1) is 17.7 Å². The van der Waals surface area contributed by atoms with Crippen molar-refractivity contribution in [1.29, 1.82) is 0 Å². The molecule has 0 spiro atoms. The third kappa shape index (κ3) is 7.41. The quantitative estimate of drug-likeness (QED) is 0.271. The molecule has 5 rings (SSSR count). The number of halogens is 1. The van der Waals surface area contributed by atoms with E-state index in [1.54, 1.807) is 37.3 Å². The van der Waals surface area contributed by atoms with Crippen LogP contribution in [0.2, 0.25) is 0 Å². The van der Waals surface area contributed by atoms with Crippen molar-refractivity contribution >= 4 is 17.6 Å². The first-order valence-electron chi connectivity index (χ1n) is 14.7. The number of ether oxygens (including phenoxy) is 2. The molecule has 0 bridgehead atoms. The Morgan fingerprint density at radius 1 is 1.00 bits per heavy atom. The number of amides is 1. The lowest BCUT2D eigenvalue weighted by Gasteiger charge is -2.35. The average molecular weight is 575 g/mol. The fourth-order valence-corrected chi connectivity index (χ4v) is 5.85. The van der Waals surface area contributed by atoms with E-state index in [2.05, 4.69) is 4.90 Å². The molecule has 1 atom stereocenters. The topological polar surface area (TPSA) is 79.3 Å². The normalized spacial score (nSPS) is 16.1. The second-order valence-electron chi connectivity index (χ2n) is 11.5. The lowest BCUT2D eigenvalue weighted by molar-refractivity contribution is -0.137. The molecule has 1 amide bonds. The summed E-state index contributed by atoms with van der Waals surface area (Å²) in [5, 5.41) is 9.37. The van der Waals surface area contributed by atoms with Gasteiger partial charge in [0.25, 0.3) is 5.91 Å². The predicted molar refractivity (Wildman–Crippen MR) is 160 cm³/mol. The van der Waals surface area contributed by atoms with Gasteiger partial charge in [-0.15, -0.1) is 0 Å². The molecular weight excluding hydrogens is 535 g/mol. The largest absolute Gasteiger partial charge is 0.497 e. The molecule has 1 N–H and O–H groups in total. The van der Waals surface area contributed by atoms with Crippen LogP contribution in [-0.2, 0) is 11.3 Å². The van der Waals surface area contributed by atoms with E-state index in [4.69, 9.17) is 9.47 Å². The highest BCUT2D eigenvalue weighted by atomic mass is 19.1. The number of hydrogen-bond donors (Lipinski definition) is 1. The molecule has 1 heterocycles. The molecule has 7 nitrogen and oxygen atoms in total. The van der Waals surface area contributed by atoms with Crippen LogP contribution in [0.5, 0.6) is 11.5 Å². The number of anilines is 1. The molecular formula is C34H39FN2O5. The maximum absolute atomic E-state index is 13.5. The smallest absolute Gasteiger partial charge is 0.303 e. The maximum Gasteiger partial charge on any atom is 0.303 e. The molecule has 2 aliphatic rings. The number of nitrogens with zero attached hydrogens (tertiary/aromatic N) is 2. The Labute approximate surface area is 246 Å². The van der Waals surface area contributed by atoms with Crippen LogP contribution in [0.25, 0.3) is 0 Å². The van der Waals surface area contributed by atoms with Crippen molar-refractivity contribution in [1.82, 2.24) is 4.90 Å². The minimum atomic E-state index is -0.759. The number of carbonyl (C=O) groups excluding carboxylic acids is 1. The van der Waals surface area contributed by atoms with E-state index in [9.17, 15) is 19.1 Å². The van der Waals surface area contributed by atoms with E-state index in [-0.39, 0.29) is 24.1 Å². The Morgan fingerprint density at radius 3 is 2.40 bits per heavy atom. The number of hydrogen-bond acceptors (Lipinski definition) is 5. The second-order valence-corrected chi connectivity index (χ2v) is 11.5. The first kappa shape index (κ1) is 29.4. The first-order chi connectivity index (χ1) is 20.3. The van der Waals surface area contributed by atoms with E-state index in [0.29, 0.717) is 36.3 Å². The van der Waals surface area contributed by atoms with Gasteiger partial charge < -0.3 is 24.4 Å². The Bertz CT molecular complexity index is 1380. The molecule has 1 saturated heterocycles. The number of benzene rings is 3. The number of piperidine rings is 1. The SMILES string of the molecule is COc1ccc(C(=O)N(C)Cc2ccc(F)cc2)c(N2CCC(COc3cccc(C(CC(=O)O)C4CC4)c3)CC2)c1. The number of aliphatic carboxylic acids is 1. The van der Waals surface area contributed by atoms with Gasteiger partial charge in [-0.25, -0.2) is 4.39 Å². The number of methoxy groups -OCH3 is 1. The predicted octanol–water partition coefficient (Wildman–Crippen LogP) is 6.37. The zero-order chi connectivity index (χ0) is 29.6. The molecule has 0 aromatic heterocycles. The van der Waals surface area contributed by atoms with Gasteiger partial charge in [-0.3, -0.25) is 9.59 Å². The lowest BCUT2D eigenvalue weighted by atomic mass is 9.91. The van der Waals surface area contributed by atoms with E-state index < -0.39 is 5.97 Å². The Morgan fingerprint density at radius 2 is 1.74 bits per heavy atom. The monoisotopic (exact) mass is 574 g/mol. The maximum atomic E-state index is 13.5. The number of carbonyl (C=O) groups is 2. The Kier molecular flexibility index (Phi) is 9.30. The van der Waals surface area contributed by atoms with Gasteiger partial charge in [0.1, 0.15) is 17.3 Å². The number of rotatable bonds is 12. The van der Waals surface area contributed by atoms with E-state index in [1.165, 1.54) is 12.1 Å². The van der Waals surface area contributed by atoms with Crippen LogP contribution in [0.15, 0.2) is 66.7 Å². The minimum absolute atomic E-state index is 0.0452. The van der Waals surface area contributed by atoms with Gasteiger partial charge in [0.2, 0.25) is 0 Å². The van der Waals surface area contributed by atoms with Crippen LogP contribution in [-0.4, -0.2) is 55.7 Å². The molecule has 1 unspecified atom stereocenters. The zero-order valence-corrected chi connectivity index (χ0v) is 24.3. The Balaban J connectivity index is 1.20. The first-order valence-corrected chi connectivity index (χ1v) is 14.7. The van der Waals surface area contributed by atoms with Crippen molar-refractivity contribution in [3.63, 3.8) is 0 Å². The van der Waals surface area contributed by atoms with Gasteiger partial charge >= 0.3 is 5.97 Å². The summed E-state index contributed by atoms with van der Waals surface area (Å²) in [6.45, 7) is 2.54. The number of carboxylic acid groups (broad SMARTS) is 1. The fourth-order valence-electron chi connectivity index (χ4n) is 5.85. The average Bonchev–Trinajstić information content (AvgIpc) is 3.85. The van der Waals surface area contributed by atoms with Crippen LogP contribution in [0.3, 0.4) is 0 Å². The van der Waals surface area contributed by atoms with Crippen molar-refractivity contribution in [3.8, 4) is 11.5 Å². The molecule has 222 valence electrons. The summed E-state index contributed by atoms with van der Waals surface area (Å²) >= 11 is 0. The van der Waals surface area contributed by atoms with Crippen molar-refractivity contribution < 1.29 is 28.6 Å². The van der Waals surface area contributed by atoms with Crippen molar-refractivity contribution in [2.45, 2.75) is 44.6 Å². The highest BCUT2D eigenvalue weighted by Gasteiger charge is 2.34. The van der Waals surface area contributed by atoms with Crippen molar-refractivity contribution in [2.75, 3.05) is 38.8 Å². The molecule has 1 aliphatic carbocycles. The summed E-state index contributed by atoms with van der Waals surface area (Å²) in [4.78, 5) is 28.8. The molecule has 3 aromatic rings. The summed E-state index contributed by atoms with van der Waals surface area (Å²) in [5.74, 6) is 1.19. The minimum Gasteiger partial charge on any atom is -0.497 e. The molecule has 2 fully saturated rings. The third-order valence-corrected chi connectivity index (χ3v) is 8.43. The second kappa shape index (κ2) is 13.3. The van der Waals surface area contributed by atoms with Gasteiger partial charge in [-0.05, 0) is 91.0 Å². The van der Waals surface area contributed by atoms with Gasteiger partial charge in [0.15, 0.2) is 0 Å². The standard InChI is InChI=1S/C34H39FN2O5/c1-36(21-23-6-10-27(35)11-7-23)34(40)30-13-12-28(41-2)19-32(30)37-16-14-24(15-17-37)22-42-29-5-3-4-26(18-29)31(20-33(38)39)25-8-9-25/h3-7,10-13,18-19,24-25,31H,8-9,14-17,20-22H2,1-2H3,(H,38,39). The van der Waals surface area contributed by atoms with Crippen molar-refractivity contribution in [2.24, 2.45) is 11.8 Å². The fraction of sp³-hybridized carbons (Fsp3) is 0.412. The van der Waals surface area contributed by atoms with Crippen LogP contribution in [0.4, 0.5) is 10.1 Å². The Hall–Kier alpha value is -4.07. The van der Waals surface area contributed by atoms with Crippen LogP contribution in [0.1, 0.15) is 59.5 Å². The summed E-state index contributed by atoms with van der Waals surface area (Å²) in [6, 6.07) is 19.7.